The van der Waals surface area contributed by atoms with Crippen LogP contribution in [0.25, 0.3) is 5.76 Å². The Morgan fingerprint density at radius 2 is 1.89 bits per heavy atom. The van der Waals surface area contributed by atoms with Crippen LogP contribution >= 0.6 is 0 Å². The molecule has 1 atom stereocenters. The van der Waals surface area contributed by atoms with E-state index in [-0.39, 0.29) is 16.9 Å². The van der Waals surface area contributed by atoms with E-state index in [0.29, 0.717) is 12.2 Å². The molecule has 1 aliphatic heterocycles. The molecule has 0 radical (unpaired) electrons. The van der Waals surface area contributed by atoms with Gasteiger partial charge in [-0.3, -0.25) is 14.6 Å². The first kappa shape index (κ1) is 18.8. The first-order valence-electron chi connectivity index (χ1n) is 9.00. The Morgan fingerprint density at radius 1 is 1.15 bits per heavy atom. The van der Waals surface area contributed by atoms with Crippen LogP contribution in [-0.4, -0.2) is 33.2 Å². The maximum atomic E-state index is 13.2. The summed E-state index contributed by atoms with van der Waals surface area (Å²) in [5.74, 6) is -2.16. The zero-order valence-corrected chi connectivity index (χ0v) is 15.1. The number of benzene rings is 1. The molecule has 0 bridgehead atoms. The van der Waals surface area contributed by atoms with Gasteiger partial charge in [0.15, 0.2) is 0 Å². The standard InChI is InChI=1S/C21H21FN2O3/c1-2-3-6-13-24-18(16-7-4-5-12-23-16)17(20(26)21(24)27)19(25)14-8-10-15(22)11-9-14/h4-5,7-12,18,25H,2-3,6,13H2,1H3/b19-17-. The number of carbonyl (C=O) groups excluding carboxylic acids is 2. The summed E-state index contributed by atoms with van der Waals surface area (Å²) in [6.07, 6.45) is 4.24. The molecule has 2 heterocycles. The minimum absolute atomic E-state index is 0.0122. The van der Waals surface area contributed by atoms with Gasteiger partial charge in [-0.1, -0.05) is 25.8 Å². The van der Waals surface area contributed by atoms with Gasteiger partial charge in [-0.05, 0) is 42.8 Å². The predicted molar refractivity (Wildman–Crippen MR) is 99.2 cm³/mol. The Balaban J connectivity index is 2.09. The van der Waals surface area contributed by atoms with Crippen LogP contribution in [0, 0.1) is 5.82 Å². The van der Waals surface area contributed by atoms with Crippen LogP contribution in [0.1, 0.15) is 43.5 Å². The van der Waals surface area contributed by atoms with Crippen LogP contribution in [0.5, 0.6) is 0 Å². The van der Waals surface area contributed by atoms with Crippen molar-refractivity contribution in [3.63, 3.8) is 0 Å². The number of carbonyl (C=O) groups is 2. The summed E-state index contributed by atoms with van der Waals surface area (Å²) in [7, 11) is 0. The third-order valence-electron chi connectivity index (χ3n) is 4.63. The van der Waals surface area contributed by atoms with Crippen LogP contribution in [-0.2, 0) is 9.59 Å². The topological polar surface area (TPSA) is 70.5 Å². The Hall–Kier alpha value is -3.02. The molecule has 3 rings (SSSR count). The summed E-state index contributed by atoms with van der Waals surface area (Å²) in [6, 6.07) is 9.63. The fourth-order valence-electron chi connectivity index (χ4n) is 3.25. The van der Waals surface area contributed by atoms with Crippen molar-refractivity contribution in [1.82, 2.24) is 9.88 Å². The Kier molecular flexibility index (Phi) is 5.64. The number of rotatable bonds is 6. The van der Waals surface area contributed by atoms with Crippen LogP contribution in [0.15, 0.2) is 54.2 Å². The van der Waals surface area contributed by atoms with E-state index in [1.165, 1.54) is 29.2 Å². The summed E-state index contributed by atoms with van der Waals surface area (Å²) >= 11 is 0. The van der Waals surface area contributed by atoms with Gasteiger partial charge in [0, 0.05) is 18.3 Å². The van der Waals surface area contributed by atoms with E-state index in [0.717, 1.165) is 19.3 Å². The maximum absolute atomic E-state index is 13.2. The van der Waals surface area contributed by atoms with Crippen molar-refractivity contribution in [2.45, 2.75) is 32.2 Å². The van der Waals surface area contributed by atoms with E-state index in [9.17, 15) is 19.1 Å². The van der Waals surface area contributed by atoms with Crippen molar-refractivity contribution in [3.05, 3.63) is 71.3 Å². The molecule has 1 amide bonds. The molecule has 1 aromatic heterocycles. The Morgan fingerprint density at radius 3 is 2.52 bits per heavy atom. The highest BCUT2D eigenvalue weighted by molar-refractivity contribution is 6.46. The Labute approximate surface area is 157 Å². The highest BCUT2D eigenvalue weighted by atomic mass is 19.1. The second kappa shape index (κ2) is 8.12. The molecule has 1 aliphatic rings. The molecule has 5 nitrogen and oxygen atoms in total. The van der Waals surface area contributed by atoms with E-state index in [1.807, 2.05) is 0 Å². The third kappa shape index (κ3) is 3.74. The number of hydrogen-bond acceptors (Lipinski definition) is 4. The molecule has 1 aromatic carbocycles. The van der Waals surface area contributed by atoms with Gasteiger partial charge in [-0.15, -0.1) is 0 Å². The van der Waals surface area contributed by atoms with Gasteiger partial charge in [0.25, 0.3) is 11.7 Å². The van der Waals surface area contributed by atoms with Crippen molar-refractivity contribution in [2.24, 2.45) is 0 Å². The van der Waals surface area contributed by atoms with Crippen LogP contribution in [0.2, 0.25) is 0 Å². The molecule has 0 spiro atoms. The van der Waals surface area contributed by atoms with Gasteiger partial charge in [0.05, 0.1) is 11.3 Å². The normalized spacial score (nSPS) is 18.9. The monoisotopic (exact) mass is 368 g/mol. The van der Waals surface area contributed by atoms with Crippen LogP contribution in [0.3, 0.4) is 0 Å². The van der Waals surface area contributed by atoms with E-state index in [4.69, 9.17) is 0 Å². The smallest absolute Gasteiger partial charge is 0.295 e. The summed E-state index contributed by atoms with van der Waals surface area (Å²) in [5, 5.41) is 10.8. The lowest BCUT2D eigenvalue weighted by molar-refractivity contribution is -0.140. The lowest BCUT2D eigenvalue weighted by atomic mass is 9.98. The van der Waals surface area contributed by atoms with Crippen LogP contribution in [0.4, 0.5) is 4.39 Å². The number of halogens is 1. The molecule has 1 fully saturated rings. The predicted octanol–water partition coefficient (Wildman–Crippen LogP) is 3.83. The molecule has 2 aromatic rings. The summed E-state index contributed by atoms with van der Waals surface area (Å²) < 4.78 is 13.2. The number of aliphatic hydroxyl groups is 1. The fraction of sp³-hybridized carbons (Fsp3) is 0.286. The van der Waals surface area contributed by atoms with Crippen molar-refractivity contribution < 1.29 is 19.1 Å². The molecule has 0 aliphatic carbocycles. The first-order valence-corrected chi connectivity index (χ1v) is 9.00. The van der Waals surface area contributed by atoms with Crippen LogP contribution < -0.4 is 0 Å². The lowest BCUT2D eigenvalue weighted by Gasteiger charge is -2.24. The molecular formula is C21H21FN2O3. The number of unbranched alkanes of at least 4 members (excludes halogenated alkanes) is 2. The highest BCUT2D eigenvalue weighted by Crippen LogP contribution is 2.38. The number of nitrogens with zero attached hydrogens (tertiary/aromatic N) is 2. The van der Waals surface area contributed by atoms with Crippen molar-refractivity contribution in [1.29, 1.82) is 0 Å². The minimum Gasteiger partial charge on any atom is -0.507 e. The first-order chi connectivity index (χ1) is 13.0. The second-order valence-corrected chi connectivity index (χ2v) is 6.46. The average molecular weight is 368 g/mol. The molecule has 27 heavy (non-hydrogen) atoms. The number of ketones is 1. The second-order valence-electron chi connectivity index (χ2n) is 6.46. The number of hydrogen-bond donors (Lipinski definition) is 1. The van der Waals surface area contributed by atoms with Gasteiger partial charge in [0.1, 0.15) is 17.6 Å². The van der Waals surface area contributed by atoms with Gasteiger partial charge in [0.2, 0.25) is 0 Å². The van der Waals surface area contributed by atoms with Crippen molar-refractivity contribution >= 4 is 17.4 Å². The van der Waals surface area contributed by atoms with Crippen molar-refractivity contribution in [2.75, 3.05) is 6.54 Å². The lowest BCUT2D eigenvalue weighted by Crippen LogP contribution is -2.31. The molecule has 6 heteroatoms. The average Bonchev–Trinajstić information content (AvgIpc) is 2.94. The number of amides is 1. The molecule has 1 unspecified atom stereocenters. The zero-order chi connectivity index (χ0) is 19.4. The number of aromatic nitrogens is 1. The van der Waals surface area contributed by atoms with E-state index < -0.39 is 23.5 Å². The SMILES string of the molecule is CCCCCN1C(=O)C(=O)/C(=C(\O)c2ccc(F)cc2)C1c1ccccn1. The molecule has 1 N–H and O–H groups in total. The zero-order valence-electron chi connectivity index (χ0n) is 15.1. The number of likely N-dealkylation sites (tertiary alicyclic amines) is 1. The minimum atomic E-state index is -0.756. The number of aliphatic hydroxyl groups excluding tert-OH is 1. The molecular weight excluding hydrogens is 347 g/mol. The highest BCUT2D eigenvalue weighted by Gasteiger charge is 2.46. The maximum Gasteiger partial charge on any atom is 0.295 e. The van der Waals surface area contributed by atoms with Gasteiger partial charge in [-0.2, -0.15) is 0 Å². The van der Waals surface area contributed by atoms with Crippen molar-refractivity contribution in [3.8, 4) is 0 Å². The third-order valence-corrected chi connectivity index (χ3v) is 4.63. The number of pyridine rings is 1. The fourth-order valence-corrected chi connectivity index (χ4v) is 3.25. The quantitative estimate of drug-likeness (QED) is 0.364. The molecule has 0 saturated carbocycles. The molecule has 140 valence electrons. The summed E-state index contributed by atoms with van der Waals surface area (Å²) in [6.45, 7) is 2.46. The molecule has 1 saturated heterocycles. The number of Topliss-reactive ketones (excluding diaryl/α,β-unsaturated/α-hetero) is 1. The van der Waals surface area contributed by atoms with E-state index >= 15 is 0 Å². The summed E-state index contributed by atoms with van der Waals surface area (Å²) in [5.41, 5.74) is 0.780. The Bertz CT molecular complexity index is 863. The van der Waals surface area contributed by atoms with Gasteiger partial charge < -0.3 is 10.0 Å². The van der Waals surface area contributed by atoms with E-state index in [2.05, 4.69) is 11.9 Å². The van der Waals surface area contributed by atoms with Gasteiger partial charge >= 0.3 is 0 Å². The summed E-state index contributed by atoms with van der Waals surface area (Å²) in [4.78, 5) is 31.1. The van der Waals surface area contributed by atoms with E-state index in [1.54, 1.807) is 24.4 Å². The van der Waals surface area contributed by atoms with Gasteiger partial charge in [-0.25, -0.2) is 4.39 Å². The largest absolute Gasteiger partial charge is 0.507 e.